The van der Waals surface area contributed by atoms with E-state index in [1.54, 1.807) is 0 Å². The zero-order valence-electron chi connectivity index (χ0n) is 35.2. The summed E-state index contributed by atoms with van der Waals surface area (Å²) in [6.07, 6.45) is 7.33. The van der Waals surface area contributed by atoms with Crippen LogP contribution in [0.25, 0.3) is 0 Å². The van der Waals surface area contributed by atoms with Crippen molar-refractivity contribution in [1.29, 1.82) is 0 Å². The fourth-order valence-electron chi connectivity index (χ4n) is 12.0. The van der Waals surface area contributed by atoms with Crippen LogP contribution in [0.5, 0.6) is 5.75 Å². The number of hydrogen-bond donors (Lipinski definition) is 0. The van der Waals surface area contributed by atoms with Crippen molar-refractivity contribution in [3.63, 3.8) is 0 Å². The summed E-state index contributed by atoms with van der Waals surface area (Å²) in [4.78, 5) is 0. The van der Waals surface area contributed by atoms with Crippen LogP contribution in [0.4, 0.5) is 22.0 Å². The zero-order chi connectivity index (χ0) is 39.9. The van der Waals surface area contributed by atoms with Crippen LogP contribution in [0.3, 0.4) is 0 Å². The molecule has 0 amide bonds. The van der Waals surface area contributed by atoms with Crippen LogP contribution in [0, 0.1) is 103 Å². The van der Waals surface area contributed by atoms with Crippen molar-refractivity contribution in [3.05, 3.63) is 115 Å². The first kappa shape index (κ1) is 48.2. The van der Waals surface area contributed by atoms with Crippen molar-refractivity contribution < 1.29 is 47.5 Å². The minimum atomic E-state index is -2.16. The molecule has 0 N–H and O–H groups in total. The molecular formula is C48H63Cl2F5OZr. The van der Waals surface area contributed by atoms with E-state index in [1.807, 2.05) is 30.3 Å². The molecule has 4 aliphatic rings. The third-order valence-corrected chi connectivity index (χ3v) is 14.5. The van der Waals surface area contributed by atoms with Crippen LogP contribution in [0.15, 0.2) is 54.6 Å². The first-order valence-electron chi connectivity index (χ1n) is 20.4. The van der Waals surface area contributed by atoms with E-state index in [1.165, 1.54) is 43.2 Å². The molecule has 0 spiro atoms. The maximum atomic E-state index is 15.2. The first-order chi connectivity index (χ1) is 26.1. The fraction of sp³-hybridized carbons (Fsp3) is 0.583. The van der Waals surface area contributed by atoms with E-state index < -0.39 is 61.8 Å². The summed E-state index contributed by atoms with van der Waals surface area (Å²) < 4.78 is 79.4. The second-order valence-electron chi connectivity index (χ2n) is 18.7. The Morgan fingerprint density at radius 1 is 0.684 bits per heavy atom. The third kappa shape index (κ3) is 9.72. The summed E-state index contributed by atoms with van der Waals surface area (Å²) in [6, 6.07) is 19.4. The van der Waals surface area contributed by atoms with Gasteiger partial charge in [0.2, 0.25) is 29.1 Å². The molecule has 1 nitrogen and oxygen atoms in total. The number of hydrogen-bond acceptors (Lipinski definition) is 1. The van der Waals surface area contributed by atoms with Gasteiger partial charge in [0.1, 0.15) is 6.10 Å². The van der Waals surface area contributed by atoms with Gasteiger partial charge in [-0.1, -0.05) is 109 Å². The molecule has 0 heterocycles. The molecule has 3 aromatic rings. The topological polar surface area (TPSA) is 9.23 Å². The van der Waals surface area contributed by atoms with Crippen LogP contribution in [0.1, 0.15) is 122 Å². The molecule has 314 valence electrons. The molecule has 12 unspecified atom stereocenters. The average Bonchev–Trinajstić information content (AvgIpc) is 3.65. The van der Waals surface area contributed by atoms with Crippen molar-refractivity contribution in [2.24, 2.45) is 59.2 Å². The molecule has 0 bridgehead atoms. The molecule has 3 aromatic carbocycles. The van der Waals surface area contributed by atoms with Crippen LogP contribution in [0.2, 0.25) is 0 Å². The summed E-state index contributed by atoms with van der Waals surface area (Å²) in [5, 5.41) is 0. The van der Waals surface area contributed by atoms with E-state index in [-0.39, 0.29) is 43.9 Å². The van der Waals surface area contributed by atoms with E-state index in [9.17, 15) is 13.2 Å². The zero-order valence-corrected chi connectivity index (χ0v) is 39.2. The van der Waals surface area contributed by atoms with Crippen molar-refractivity contribution in [1.82, 2.24) is 0 Å². The molecule has 57 heavy (non-hydrogen) atoms. The van der Waals surface area contributed by atoms with Gasteiger partial charge in [0.05, 0.1) is 0 Å². The Balaban J connectivity index is 0.00000140. The number of benzene rings is 3. The number of rotatable bonds is 7. The Bertz CT molecular complexity index is 1720. The van der Waals surface area contributed by atoms with Gasteiger partial charge >= 0.3 is 37.9 Å². The van der Waals surface area contributed by atoms with Crippen molar-refractivity contribution in [3.8, 4) is 5.75 Å². The summed E-state index contributed by atoms with van der Waals surface area (Å²) >= 11 is -0.826. The third-order valence-electron chi connectivity index (χ3n) is 14.5. The normalized spacial score (nSPS) is 31.8. The molecule has 4 fully saturated rings. The number of halogens is 7. The van der Waals surface area contributed by atoms with Crippen LogP contribution >= 0.6 is 17.0 Å². The standard InChI is InChI=1S/C46H57F5O.2CH3.2ClH.Zr/c1-24(2)32-22-36-34(23-33-25(3)20-35-30(14-11-15-31(33)35)27-16-18-29(19-17-27)46(5,6)7)26(4)21-37(36)38(28-12-9-8-10-13-28)44(32)52-45-42(50)40(48)39(47)41(49)43(45)51;;;;;/h8-10,12-13,16-19,24-26,30-38,44H,11,14-15,20-23H2,1-7H3;2*1H3;2*1H;/q;2*-1;;;+4/p-2. The van der Waals surface area contributed by atoms with Crippen LogP contribution in [-0.2, 0) is 26.3 Å². The van der Waals surface area contributed by atoms with Crippen molar-refractivity contribution in [2.45, 2.75) is 117 Å². The molecular weight excluding hydrogens is 850 g/mol. The average molecular weight is 913 g/mol. The molecule has 0 saturated heterocycles. The minimum absolute atomic E-state index is 0. The van der Waals surface area contributed by atoms with Gasteiger partial charge in [-0.25, -0.2) is 13.2 Å². The van der Waals surface area contributed by atoms with E-state index >= 15 is 8.78 Å². The second kappa shape index (κ2) is 20.0. The summed E-state index contributed by atoms with van der Waals surface area (Å²) in [5.74, 6) is -6.48. The van der Waals surface area contributed by atoms with E-state index in [2.05, 4.69) is 72.7 Å². The van der Waals surface area contributed by atoms with E-state index in [0.29, 0.717) is 47.3 Å². The van der Waals surface area contributed by atoms with Gasteiger partial charge in [0, 0.05) is 5.92 Å². The molecule has 0 aliphatic heterocycles. The summed E-state index contributed by atoms with van der Waals surface area (Å²) in [6.45, 7) is 15.9. The van der Waals surface area contributed by atoms with Gasteiger partial charge < -0.3 is 19.6 Å². The van der Waals surface area contributed by atoms with E-state index in [4.69, 9.17) is 21.8 Å². The Hall–Kier alpha value is -1.43. The molecule has 12 atom stereocenters. The summed E-state index contributed by atoms with van der Waals surface area (Å²) in [5.41, 5.74) is 4.03. The fourth-order valence-corrected chi connectivity index (χ4v) is 12.0. The molecule has 7 rings (SSSR count). The Labute approximate surface area is 359 Å². The first-order valence-corrected chi connectivity index (χ1v) is 26.7. The quantitative estimate of drug-likeness (QED) is 0.0993. The maximum absolute atomic E-state index is 15.2. The predicted molar refractivity (Wildman–Crippen MR) is 222 cm³/mol. The Morgan fingerprint density at radius 3 is 1.75 bits per heavy atom. The molecule has 4 saturated carbocycles. The Morgan fingerprint density at radius 2 is 1.21 bits per heavy atom. The van der Waals surface area contributed by atoms with Crippen molar-refractivity contribution >= 4 is 17.0 Å². The van der Waals surface area contributed by atoms with Gasteiger partial charge in [-0.3, -0.25) is 0 Å². The van der Waals surface area contributed by atoms with Crippen LogP contribution < -0.4 is 4.74 Å². The van der Waals surface area contributed by atoms with Crippen molar-refractivity contribution in [2.75, 3.05) is 0 Å². The van der Waals surface area contributed by atoms with Gasteiger partial charge in [-0.05, 0) is 126 Å². The number of fused-ring (bicyclic) bond motifs is 2. The molecule has 0 aromatic heterocycles. The number of ether oxygens (including phenoxy) is 1. The van der Waals surface area contributed by atoms with Gasteiger partial charge in [0.25, 0.3) is 0 Å². The monoisotopic (exact) mass is 910 g/mol. The van der Waals surface area contributed by atoms with Gasteiger partial charge in [0.15, 0.2) is 5.75 Å². The predicted octanol–water partition coefficient (Wildman–Crippen LogP) is 15.3. The Kier molecular flexibility index (Phi) is 16.9. The van der Waals surface area contributed by atoms with Gasteiger partial charge in [-0.15, -0.1) is 0 Å². The van der Waals surface area contributed by atoms with Gasteiger partial charge in [-0.2, -0.15) is 8.78 Å². The van der Waals surface area contributed by atoms with Crippen LogP contribution in [-0.4, -0.2) is 6.10 Å². The summed E-state index contributed by atoms with van der Waals surface area (Å²) in [7, 11) is 9.87. The van der Waals surface area contributed by atoms with E-state index in [0.717, 1.165) is 18.4 Å². The molecule has 4 aliphatic carbocycles. The second-order valence-corrected chi connectivity index (χ2v) is 22.4. The molecule has 0 radical (unpaired) electrons. The SMILES string of the molecule is CC(C)C1CC2C(CC3C(C)CC4C(c5ccc(C(C)(C)C)cc5)CCCC34)C(C)CC2C(c2ccccc2)C1Oc1c(F)c(F)c(F)c(F)c1F.[CH3-].[CH3-].[Cl][Zr+2][Cl]. The molecule has 9 heteroatoms.